The van der Waals surface area contributed by atoms with Gasteiger partial charge in [-0.2, -0.15) is 36.9 Å². The van der Waals surface area contributed by atoms with Crippen LogP contribution in [0.5, 0.6) is 0 Å². The summed E-state index contributed by atoms with van der Waals surface area (Å²) < 4.78 is 98.7. The van der Waals surface area contributed by atoms with E-state index in [-0.39, 0.29) is 66.9 Å². The first kappa shape index (κ1) is 51.5. The molecule has 19 heteroatoms. The number of aromatic nitrogens is 2. The highest BCUT2D eigenvalue weighted by Gasteiger charge is 2.45. The van der Waals surface area contributed by atoms with Crippen LogP contribution >= 0.6 is 0 Å². The van der Waals surface area contributed by atoms with Crippen LogP contribution in [0.25, 0.3) is 0 Å². The molecule has 72 heavy (non-hydrogen) atoms. The third-order valence-electron chi connectivity index (χ3n) is 12.4. The molecule has 2 aliphatic rings. The molecule has 0 aliphatic carbocycles. The topological polar surface area (TPSA) is 139 Å². The number of carbonyl (C=O) groups excluding carboxylic acids is 3. The number of halogens is 6. The molecular weight excluding hydrogens is 943 g/mol. The van der Waals surface area contributed by atoms with E-state index in [0.29, 0.717) is 40.9 Å². The maximum atomic E-state index is 14.7. The third kappa shape index (κ3) is 10.7. The van der Waals surface area contributed by atoms with Crippen LogP contribution in [0.4, 0.5) is 42.5 Å². The number of rotatable bonds is 15. The molecule has 0 saturated heterocycles. The summed E-state index contributed by atoms with van der Waals surface area (Å²) in [6, 6.07) is 23.4. The second-order valence-corrected chi connectivity index (χ2v) is 16.8. The summed E-state index contributed by atoms with van der Waals surface area (Å²) in [5.41, 5.74) is 0.425. The first-order valence-corrected chi connectivity index (χ1v) is 22.8. The predicted molar refractivity (Wildman–Crippen MR) is 251 cm³/mol. The number of alkyl halides is 6. The molecular formula is C53H49F6N8O5+. The van der Waals surface area contributed by atoms with E-state index in [0.717, 1.165) is 29.2 Å². The Morgan fingerprint density at radius 1 is 0.681 bits per heavy atom. The Balaban J connectivity index is 1.19. The highest BCUT2D eigenvalue weighted by molar-refractivity contribution is 6.03. The maximum absolute atomic E-state index is 14.7. The number of imidazole rings is 1. The van der Waals surface area contributed by atoms with Gasteiger partial charge in [-0.05, 0) is 99.5 Å². The largest absolute Gasteiger partial charge is 0.463 e. The highest BCUT2D eigenvalue weighted by atomic mass is 19.4. The summed E-state index contributed by atoms with van der Waals surface area (Å²) in [6.45, 7) is 11.3. The molecule has 0 fully saturated rings. The molecule has 2 unspecified atom stereocenters. The van der Waals surface area contributed by atoms with Crippen molar-refractivity contribution in [2.75, 3.05) is 36.1 Å². The number of amides is 2. The van der Waals surface area contributed by atoms with E-state index in [1.165, 1.54) is 53.1 Å². The summed E-state index contributed by atoms with van der Waals surface area (Å²) >= 11 is 0. The van der Waals surface area contributed by atoms with E-state index < -0.39 is 53.5 Å². The summed E-state index contributed by atoms with van der Waals surface area (Å²) in [6.07, 6.45) is -3.68. The van der Waals surface area contributed by atoms with Crippen molar-refractivity contribution in [1.29, 1.82) is 10.5 Å². The molecule has 7 rings (SSSR count). The van der Waals surface area contributed by atoms with Gasteiger partial charge in [0.05, 0.1) is 89.6 Å². The van der Waals surface area contributed by atoms with Gasteiger partial charge in [0.2, 0.25) is 6.33 Å². The number of anilines is 2. The predicted octanol–water partition coefficient (Wildman–Crippen LogP) is 10.3. The minimum atomic E-state index is -4.73. The second-order valence-electron chi connectivity index (χ2n) is 16.8. The first-order valence-electron chi connectivity index (χ1n) is 22.8. The highest BCUT2D eigenvalue weighted by Crippen LogP contribution is 2.45. The molecule has 0 bridgehead atoms. The van der Waals surface area contributed by atoms with E-state index in [4.69, 9.17) is 9.47 Å². The SMILES string of the molecule is C=C1N(c2cccc(C(F)(F)F)c2)C(C)=C(C(=O)OCC)C(c2ccc(C#N)cc2)N1CCCn1cc[n+](CCN2C(=O)N(c3cccc(C(F)(F)F)c3)C(C)=C(C(=O)OCC)C2c2ccc(C#N)cc2)c1. The lowest BCUT2D eigenvalue weighted by molar-refractivity contribution is -0.695. The molecule has 2 aliphatic heterocycles. The minimum Gasteiger partial charge on any atom is -0.463 e. The van der Waals surface area contributed by atoms with E-state index in [2.05, 4.69) is 12.6 Å². The van der Waals surface area contributed by atoms with Gasteiger partial charge in [-0.15, -0.1) is 0 Å². The smallest absolute Gasteiger partial charge is 0.416 e. The Labute approximate surface area is 411 Å². The molecule has 0 radical (unpaired) electrons. The number of carbonyl (C=O) groups is 3. The summed E-state index contributed by atoms with van der Waals surface area (Å²) in [7, 11) is 0. The Morgan fingerprint density at radius 2 is 1.15 bits per heavy atom. The standard InChI is InChI=1S/C53H49F6N8O5/c1-6-71-49(68)45-34(3)66(43-13-8-11-41(29-43)52(54,55)56)36(5)64(47(45)39-19-15-37(31-60)16-20-39)24-10-23-62-25-26-63(33-62)27-28-65-48(40-21-17-38(32-61)18-22-40)46(50(69)72-7-2)35(4)67(51(65)70)44-14-9-12-42(30-44)53(57,58)59/h8-9,11-22,25-26,29-30,33,47-48H,5-7,10,23-24,27-28H2,1-4H3/q+1. The summed E-state index contributed by atoms with van der Waals surface area (Å²) in [5, 5.41) is 19.1. The molecule has 3 heterocycles. The number of ether oxygens (including phenoxy) is 2. The van der Waals surface area contributed by atoms with Crippen LogP contribution in [-0.4, -0.2) is 58.6 Å². The Kier molecular flexibility index (Phi) is 15.3. The van der Waals surface area contributed by atoms with Crippen molar-refractivity contribution in [2.24, 2.45) is 0 Å². The number of esters is 2. The van der Waals surface area contributed by atoms with Gasteiger partial charge in [0, 0.05) is 30.0 Å². The lowest BCUT2D eigenvalue weighted by Crippen LogP contribution is -2.53. The van der Waals surface area contributed by atoms with Crippen LogP contribution < -0.4 is 14.4 Å². The van der Waals surface area contributed by atoms with Gasteiger partial charge in [-0.3, -0.25) is 4.90 Å². The third-order valence-corrected chi connectivity index (χ3v) is 12.4. The van der Waals surface area contributed by atoms with Gasteiger partial charge in [0.1, 0.15) is 24.8 Å². The van der Waals surface area contributed by atoms with Crippen molar-refractivity contribution in [2.45, 2.75) is 71.6 Å². The van der Waals surface area contributed by atoms with E-state index in [1.54, 1.807) is 80.5 Å². The fourth-order valence-corrected chi connectivity index (χ4v) is 9.03. The Hall–Kier alpha value is -8.32. The van der Waals surface area contributed by atoms with E-state index >= 15 is 0 Å². The van der Waals surface area contributed by atoms with E-state index in [9.17, 15) is 51.2 Å². The van der Waals surface area contributed by atoms with Crippen LogP contribution in [0.15, 0.2) is 151 Å². The van der Waals surface area contributed by atoms with Crippen LogP contribution in [0.2, 0.25) is 0 Å². The summed E-state index contributed by atoms with van der Waals surface area (Å²) in [5.74, 6) is -1.18. The fourth-order valence-electron chi connectivity index (χ4n) is 9.03. The van der Waals surface area contributed by atoms with Gasteiger partial charge in [0.25, 0.3) is 0 Å². The molecule has 0 saturated carbocycles. The lowest BCUT2D eigenvalue weighted by atomic mass is 9.91. The zero-order chi connectivity index (χ0) is 52.1. The summed E-state index contributed by atoms with van der Waals surface area (Å²) in [4.78, 5) is 48.3. The number of urea groups is 1. The Morgan fingerprint density at radius 3 is 1.62 bits per heavy atom. The van der Waals surface area contributed by atoms with Gasteiger partial charge in [0.15, 0.2) is 0 Å². The second kappa shape index (κ2) is 21.4. The number of hydrogen-bond acceptors (Lipinski definition) is 9. The molecule has 2 amide bonds. The quantitative estimate of drug-likeness (QED) is 0.0570. The Bertz CT molecular complexity index is 3020. The minimum absolute atomic E-state index is 0.0162. The molecule has 13 nitrogen and oxygen atoms in total. The molecule has 0 spiro atoms. The van der Waals surface area contributed by atoms with Crippen molar-refractivity contribution in [3.8, 4) is 12.1 Å². The lowest BCUT2D eigenvalue weighted by Gasteiger charge is -2.46. The van der Waals surface area contributed by atoms with Crippen molar-refractivity contribution in [3.05, 3.63) is 184 Å². The molecule has 0 N–H and O–H groups in total. The number of nitriles is 2. The van der Waals surface area contributed by atoms with E-state index in [1.807, 2.05) is 15.5 Å². The first-order chi connectivity index (χ1) is 34.3. The average Bonchev–Trinajstić information content (AvgIpc) is 3.81. The molecule has 5 aromatic rings. The van der Waals surface area contributed by atoms with Crippen molar-refractivity contribution < 1.29 is 54.8 Å². The number of benzene rings is 4. The zero-order valence-electron chi connectivity index (χ0n) is 39.7. The van der Waals surface area contributed by atoms with Gasteiger partial charge in [-0.1, -0.05) is 43.0 Å². The van der Waals surface area contributed by atoms with Gasteiger partial charge in [-0.25, -0.2) is 23.5 Å². The zero-order valence-corrected chi connectivity index (χ0v) is 39.7. The van der Waals surface area contributed by atoms with Gasteiger partial charge >= 0.3 is 30.3 Å². The normalized spacial score (nSPS) is 16.5. The van der Waals surface area contributed by atoms with Gasteiger partial charge < -0.3 is 24.2 Å². The molecule has 1 aromatic heterocycles. The fraction of sp³-hybridized carbons (Fsp3) is 0.283. The van der Waals surface area contributed by atoms with Crippen LogP contribution in [-0.2, 0) is 44.5 Å². The average molecular weight is 992 g/mol. The molecule has 4 aromatic carbocycles. The number of aryl methyl sites for hydroxylation is 1. The maximum Gasteiger partial charge on any atom is 0.416 e. The molecule has 2 atom stereocenters. The molecule has 372 valence electrons. The van der Waals surface area contributed by atoms with Crippen molar-refractivity contribution in [3.63, 3.8) is 0 Å². The van der Waals surface area contributed by atoms with Crippen molar-refractivity contribution in [1.82, 2.24) is 14.4 Å². The number of allylic oxidation sites excluding steroid dienone is 2. The number of hydrogen-bond donors (Lipinski definition) is 0. The van der Waals surface area contributed by atoms with Crippen LogP contribution in [0.1, 0.15) is 79.6 Å². The number of nitrogens with zero attached hydrogens (tertiary/aromatic N) is 8. The monoisotopic (exact) mass is 991 g/mol. The van der Waals surface area contributed by atoms with Crippen LogP contribution in [0.3, 0.4) is 0 Å². The van der Waals surface area contributed by atoms with Crippen LogP contribution in [0, 0.1) is 22.7 Å². The van der Waals surface area contributed by atoms with Crippen molar-refractivity contribution >= 4 is 29.3 Å².